The Morgan fingerprint density at radius 3 is 2.65 bits per heavy atom. The molecule has 3 rings (SSSR count). The fourth-order valence-electron chi connectivity index (χ4n) is 2.92. The molecule has 2 amide bonds. The molecule has 26 heavy (non-hydrogen) atoms. The van der Waals surface area contributed by atoms with E-state index in [0.717, 1.165) is 5.82 Å². The first kappa shape index (κ1) is 18.3. The van der Waals surface area contributed by atoms with E-state index < -0.39 is 21.8 Å². The lowest BCUT2D eigenvalue weighted by Gasteiger charge is -2.27. The number of nitrogens with one attached hydrogen (secondary N) is 1. The topological polar surface area (TPSA) is 112 Å². The summed E-state index contributed by atoms with van der Waals surface area (Å²) in [5.74, 6) is 0.0377. The molecule has 0 bridgehead atoms. The van der Waals surface area contributed by atoms with Crippen LogP contribution in [0.25, 0.3) is 0 Å². The molecule has 1 aromatic heterocycles. The maximum Gasteiger partial charge on any atom is 0.271 e. The van der Waals surface area contributed by atoms with Gasteiger partial charge in [0.05, 0.1) is 29.4 Å². The number of anilines is 2. The molecule has 140 valence electrons. The molecule has 0 saturated carbocycles. The molecule has 0 aliphatic carbocycles. The monoisotopic (exact) mass is 379 g/mol. The molecule has 0 unspecified atom stereocenters. The van der Waals surface area contributed by atoms with Crippen molar-refractivity contribution in [3.63, 3.8) is 0 Å². The Bertz CT molecular complexity index is 848. The number of carbonyl (C=O) groups is 2. The SMILES string of the molecule is CN(C)c1ccc(NC(=O)C2=NN([C@@H]3CCS(=O)(=O)C3)C(=O)CC2)cn1. The van der Waals surface area contributed by atoms with E-state index in [1.54, 1.807) is 18.3 Å². The minimum Gasteiger partial charge on any atom is -0.363 e. The van der Waals surface area contributed by atoms with Crippen LogP contribution in [0, 0.1) is 0 Å². The standard InChI is InChI=1S/C16H21N5O4S/c1-20(2)14-5-3-11(9-17-14)18-16(23)13-4-6-15(22)21(19-13)12-7-8-26(24,25)10-12/h3,5,9,12H,4,6-8,10H2,1-2H3,(H,18,23)/t12-/m1/s1. The fraction of sp³-hybridized carbons (Fsp3) is 0.500. The van der Waals surface area contributed by atoms with Gasteiger partial charge in [-0.1, -0.05) is 0 Å². The lowest BCUT2D eigenvalue weighted by atomic mass is 10.1. The molecule has 1 saturated heterocycles. The van der Waals surface area contributed by atoms with Crippen LogP contribution in [0.15, 0.2) is 23.4 Å². The van der Waals surface area contributed by atoms with Gasteiger partial charge < -0.3 is 10.2 Å². The van der Waals surface area contributed by atoms with Crippen LogP contribution in [0.4, 0.5) is 11.5 Å². The summed E-state index contributed by atoms with van der Waals surface area (Å²) < 4.78 is 23.3. The van der Waals surface area contributed by atoms with Crippen molar-refractivity contribution in [2.45, 2.75) is 25.3 Å². The van der Waals surface area contributed by atoms with Crippen LogP contribution in [-0.4, -0.2) is 67.6 Å². The Kier molecular flexibility index (Phi) is 4.94. The summed E-state index contributed by atoms with van der Waals surface area (Å²) in [6.45, 7) is 0. The van der Waals surface area contributed by atoms with Crippen LogP contribution >= 0.6 is 0 Å². The van der Waals surface area contributed by atoms with Crippen LogP contribution in [-0.2, 0) is 19.4 Å². The first-order valence-corrected chi connectivity index (χ1v) is 10.1. The van der Waals surface area contributed by atoms with Gasteiger partial charge in [0, 0.05) is 26.9 Å². The van der Waals surface area contributed by atoms with Gasteiger partial charge in [-0.25, -0.2) is 18.4 Å². The van der Waals surface area contributed by atoms with Crippen LogP contribution < -0.4 is 10.2 Å². The van der Waals surface area contributed by atoms with Gasteiger partial charge in [0.25, 0.3) is 5.91 Å². The number of aromatic nitrogens is 1. The van der Waals surface area contributed by atoms with Crippen molar-refractivity contribution in [1.29, 1.82) is 0 Å². The Balaban J connectivity index is 1.72. The molecule has 1 N–H and O–H groups in total. The largest absolute Gasteiger partial charge is 0.363 e. The lowest BCUT2D eigenvalue weighted by molar-refractivity contribution is -0.133. The Morgan fingerprint density at radius 2 is 2.08 bits per heavy atom. The Labute approximate surface area is 152 Å². The smallest absolute Gasteiger partial charge is 0.271 e. The number of hydrogen-bond donors (Lipinski definition) is 1. The molecule has 0 aromatic carbocycles. The van der Waals surface area contributed by atoms with E-state index in [0.29, 0.717) is 12.1 Å². The molecule has 3 heterocycles. The third-order valence-corrected chi connectivity index (χ3v) is 6.09. The second-order valence-corrected chi connectivity index (χ2v) is 8.82. The first-order chi connectivity index (χ1) is 12.2. The highest BCUT2D eigenvalue weighted by Crippen LogP contribution is 2.22. The summed E-state index contributed by atoms with van der Waals surface area (Å²) in [5.41, 5.74) is 0.737. The molecular formula is C16H21N5O4S. The number of amides is 2. The third-order valence-electron chi connectivity index (χ3n) is 4.34. The molecule has 1 atom stereocenters. The van der Waals surface area contributed by atoms with Crippen molar-refractivity contribution >= 4 is 38.9 Å². The van der Waals surface area contributed by atoms with Crippen molar-refractivity contribution in [2.75, 3.05) is 35.8 Å². The van der Waals surface area contributed by atoms with E-state index in [2.05, 4.69) is 15.4 Å². The predicted octanol–water partition coefficient (Wildman–Crippen LogP) is 0.252. The van der Waals surface area contributed by atoms with E-state index in [-0.39, 0.29) is 36.0 Å². The summed E-state index contributed by atoms with van der Waals surface area (Å²) in [6.07, 6.45) is 2.26. The van der Waals surface area contributed by atoms with Gasteiger partial charge in [0.15, 0.2) is 9.84 Å². The molecule has 0 spiro atoms. The van der Waals surface area contributed by atoms with Gasteiger partial charge in [0.2, 0.25) is 5.91 Å². The van der Waals surface area contributed by atoms with Gasteiger partial charge >= 0.3 is 0 Å². The minimum atomic E-state index is -3.14. The van der Waals surface area contributed by atoms with Gasteiger partial charge in [-0.2, -0.15) is 5.10 Å². The van der Waals surface area contributed by atoms with Crippen LogP contribution in [0.1, 0.15) is 19.3 Å². The highest BCUT2D eigenvalue weighted by atomic mass is 32.2. The first-order valence-electron chi connectivity index (χ1n) is 8.30. The van der Waals surface area contributed by atoms with E-state index in [1.807, 2.05) is 19.0 Å². The van der Waals surface area contributed by atoms with E-state index in [1.165, 1.54) is 5.01 Å². The summed E-state index contributed by atoms with van der Waals surface area (Å²) in [7, 11) is 0.593. The normalized spacial score (nSPS) is 22.1. The average Bonchev–Trinajstić information content (AvgIpc) is 2.95. The quantitative estimate of drug-likeness (QED) is 0.803. The van der Waals surface area contributed by atoms with Gasteiger partial charge in [-0.3, -0.25) is 9.59 Å². The highest BCUT2D eigenvalue weighted by Gasteiger charge is 2.37. The van der Waals surface area contributed by atoms with Crippen LogP contribution in [0.2, 0.25) is 0 Å². The van der Waals surface area contributed by atoms with Crippen molar-refractivity contribution in [1.82, 2.24) is 9.99 Å². The minimum absolute atomic E-state index is 0.0440. The van der Waals surface area contributed by atoms with E-state index in [4.69, 9.17) is 0 Å². The number of hydrogen-bond acceptors (Lipinski definition) is 7. The molecule has 2 aliphatic rings. The average molecular weight is 379 g/mol. The Hall–Kier alpha value is -2.49. The molecular weight excluding hydrogens is 358 g/mol. The predicted molar refractivity (Wildman–Crippen MR) is 97.8 cm³/mol. The van der Waals surface area contributed by atoms with Crippen LogP contribution in [0.5, 0.6) is 0 Å². The number of nitrogens with zero attached hydrogens (tertiary/aromatic N) is 4. The summed E-state index contributed by atoms with van der Waals surface area (Å²) >= 11 is 0. The number of rotatable bonds is 4. The van der Waals surface area contributed by atoms with Gasteiger partial charge in [0.1, 0.15) is 11.5 Å². The summed E-state index contributed by atoms with van der Waals surface area (Å²) in [5, 5.41) is 8.04. The third kappa shape index (κ3) is 4.01. The Morgan fingerprint density at radius 1 is 1.31 bits per heavy atom. The van der Waals surface area contributed by atoms with Crippen molar-refractivity contribution in [3.8, 4) is 0 Å². The molecule has 2 aliphatic heterocycles. The molecule has 0 radical (unpaired) electrons. The van der Waals surface area contributed by atoms with Gasteiger partial charge in [-0.05, 0) is 18.6 Å². The summed E-state index contributed by atoms with van der Waals surface area (Å²) in [6, 6.07) is 3.02. The van der Waals surface area contributed by atoms with Crippen molar-refractivity contribution < 1.29 is 18.0 Å². The number of hydrazone groups is 1. The summed E-state index contributed by atoms with van der Waals surface area (Å²) in [4.78, 5) is 30.6. The second-order valence-electron chi connectivity index (χ2n) is 6.60. The van der Waals surface area contributed by atoms with Crippen molar-refractivity contribution in [2.24, 2.45) is 5.10 Å². The lowest BCUT2D eigenvalue weighted by Crippen LogP contribution is -2.42. The zero-order valence-corrected chi connectivity index (χ0v) is 15.5. The maximum atomic E-state index is 12.4. The number of pyridine rings is 1. The second kappa shape index (κ2) is 7.02. The molecule has 1 aromatic rings. The number of carbonyl (C=O) groups excluding carboxylic acids is 2. The van der Waals surface area contributed by atoms with E-state index >= 15 is 0 Å². The fourth-order valence-corrected chi connectivity index (χ4v) is 4.61. The van der Waals surface area contributed by atoms with Gasteiger partial charge in [-0.15, -0.1) is 0 Å². The molecule has 9 nitrogen and oxygen atoms in total. The molecule has 1 fully saturated rings. The number of sulfone groups is 1. The van der Waals surface area contributed by atoms with Crippen LogP contribution in [0.3, 0.4) is 0 Å². The van der Waals surface area contributed by atoms with Crippen molar-refractivity contribution in [3.05, 3.63) is 18.3 Å². The highest BCUT2D eigenvalue weighted by molar-refractivity contribution is 7.91. The van der Waals surface area contributed by atoms with E-state index in [9.17, 15) is 18.0 Å². The maximum absolute atomic E-state index is 12.4. The molecule has 10 heteroatoms. The zero-order chi connectivity index (χ0) is 18.9. The zero-order valence-electron chi connectivity index (χ0n) is 14.7.